The molecular formula is C28H19BrFNOS. The van der Waals surface area contributed by atoms with Crippen LogP contribution in [0.4, 0.5) is 10.1 Å². The number of aliphatic imine (C=N–C) groups is 1. The van der Waals surface area contributed by atoms with Gasteiger partial charge in [-0.05, 0) is 53.6 Å². The minimum Gasteiger partial charge on any atom is -0.484 e. The number of thioether (sulfide) groups is 1. The molecule has 0 bridgehead atoms. The van der Waals surface area contributed by atoms with Crippen molar-refractivity contribution in [2.24, 2.45) is 10.9 Å². The summed E-state index contributed by atoms with van der Waals surface area (Å²) in [6.07, 6.45) is -0.222. The topological polar surface area (TPSA) is 21.6 Å². The molecule has 0 saturated heterocycles. The van der Waals surface area contributed by atoms with E-state index in [2.05, 4.69) is 46.3 Å². The van der Waals surface area contributed by atoms with Gasteiger partial charge in [0.05, 0.1) is 17.3 Å². The van der Waals surface area contributed by atoms with E-state index in [9.17, 15) is 4.39 Å². The number of benzene rings is 4. The van der Waals surface area contributed by atoms with Gasteiger partial charge in [-0.15, -0.1) is 11.8 Å². The van der Waals surface area contributed by atoms with Crippen LogP contribution in [0.25, 0.3) is 0 Å². The second kappa shape index (κ2) is 8.47. The Bertz CT molecular complexity index is 1360. The van der Waals surface area contributed by atoms with Crippen molar-refractivity contribution in [3.63, 3.8) is 0 Å². The standard InChI is InChI=1S/C28H19BrFNOS/c29-19-12-15-22-24(16-19)33-28(18-10-13-20(30)14-11-18)25-26(31-22)21-8-4-5-9-23(21)32-27(25)17-6-2-1-3-7-17/h1-16,25,27-28H. The van der Waals surface area contributed by atoms with E-state index < -0.39 is 0 Å². The first-order chi connectivity index (χ1) is 16.2. The molecule has 4 aromatic carbocycles. The third-order valence-electron chi connectivity index (χ3n) is 6.13. The SMILES string of the molecule is Fc1ccc(C2Sc3cc(Br)ccc3N=C3c4ccccc4OC(c4ccccc4)C32)cc1. The summed E-state index contributed by atoms with van der Waals surface area (Å²) >= 11 is 5.38. The van der Waals surface area contributed by atoms with Crippen LogP contribution >= 0.6 is 27.7 Å². The maximum atomic E-state index is 13.8. The van der Waals surface area contributed by atoms with Gasteiger partial charge in [0.15, 0.2) is 0 Å². The van der Waals surface area contributed by atoms with E-state index in [1.807, 2.05) is 54.6 Å². The molecular weight excluding hydrogens is 497 g/mol. The van der Waals surface area contributed by atoms with Crippen molar-refractivity contribution >= 4 is 39.1 Å². The van der Waals surface area contributed by atoms with Crippen LogP contribution in [0.15, 0.2) is 111 Å². The molecule has 33 heavy (non-hydrogen) atoms. The summed E-state index contributed by atoms with van der Waals surface area (Å²) in [6.45, 7) is 0. The fourth-order valence-corrected chi connectivity index (χ4v) is 6.54. The first-order valence-corrected chi connectivity index (χ1v) is 12.5. The van der Waals surface area contributed by atoms with E-state index in [4.69, 9.17) is 9.73 Å². The third-order valence-corrected chi connectivity index (χ3v) is 8.02. The highest BCUT2D eigenvalue weighted by Gasteiger charge is 2.44. The van der Waals surface area contributed by atoms with Crippen LogP contribution in [-0.2, 0) is 0 Å². The Hall–Kier alpha value is -2.89. The Labute approximate surface area is 204 Å². The molecule has 2 aliphatic heterocycles. The number of hydrogen-bond donors (Lipinski definition) is 0. The predicted octanol–water partition coefficient (Wildman–Crippen LogP) is 8.31. The van der Waals surface area contributed by atoms with Crippen molar-refractivity contribution in [2.75, 3.05) is 0 Å². The third kappa shape index (κ3) is 3.79. The van der Waals surface area contributed by atoms with Gasteiger partial charge >= 0.3 is 0 Å². The smallest absolute Gasteiger partial charge is 0.134 e. The lowest BCUT2D eigenvalue weighted by Crippen LogP contribution is -2.35. The summed E-state index contributed by atoms with van der Waals surface area (Å²) in [6, 6.07) is 31.5. The number of rotatable bonds is 2. The van der Waals surface area contributed by atoms with Crippen molar-refractivity contribution in [1.82, 2.24) is 0 Å². The molecule has 0 spiro atoms. The molecule has 0 amide bonds. The second-order valence-electron chi connectivity index (χ2n) is 8.17. The Kier molecular flexibility index (Phi) is 5.31. The number of para-hydroxylation sites is 1. The van der Waals surface area contributed by atoms with Gasteiger partial charge in [0.25, 0.3) is 0 Å². The van der Waals surface area contributed by atoms with Gasteiger partial charge in [0, 0.05) is 20.2 Å². The Balaban J connectivity index is 1.62. The lowest BCUT2D eigenvalue weighted by Gasteiger charge is -2.38. The molecule has 3 atom stereocenters. The summed E-state index contributed by atoms with van der Waals surface area (Å²) in [7, 11) is 0. The average Bonchev–Trinajstić information content (AvgIpc) is 3.02. The first kappa shape index (κ1) is 20.7. The second-order valence-corrected chi connectivity index (χ2v) is 10.3. The zero-order chi connectivity index (χ0) is 22.4. The lowest BCUT2D eigenvalue weighted by atomic mass is 9.80. The molecule has 2 nitrogen and oxygen atoms in total. The summed E-state index contributed by atoms with van der Waals surface area (Å²) < 4.78 is 21.5. The van der Waals surface area contributed by atoms with Gasteiger partial charge in [-0.25, -0.2) is 4.39 Å². The van der Waals surface area contributed by atoms with Crippen molar-refractivity contribution in [2.45, 2.75) is 16.2 Å². The Morgan fingerprint density at radius 1 is 0.818 bits per heavy atom. The normalized spacial score (nSPS) is 21.0. The van der Waals surface area contributed by atoms with Gasteiger partial charge in [-0.2, -0.15) is 0 Å². The number of halogens is 2. The maximum Gasteiger partial charge on any atom is 0.134 e. The highest BCUT2D eigenvalue weighted by Crippen LogP contribution is 2.55. The van der Waals surface area contributed by atoms with Gasteiger partial charge in [0.2, 0.25) is 0 Å². The predicted molar refractivity (Wildman–Crippen MR) is 135 cm³/mol. The van der Waals surface area contributed by atoms with Crippen molar-refractivity contribution < 1.29 is 9.13 Å². The summed E-state index contributed by atoms with van der Waals surface area (Å²) in [5.41, 5.74) is 5.11. The molecule has 0 fully saturated rings. The molecule has 2 aliphatic rings. The molecule has 162 valence electrons. The van der Waals surface area contributed by atoms with E-state index in [-0.39, 0.29) is 23.1 Å². The molecule has 0 saturated carbocycles. The van der Waals surface area contributed by atoms with Crippen molar-refractivity contribution in [1.29, 1.82) is 0 Å². The van der Waals surface area contributed by atoms with Crippen LogP contribution < -0.4 is 4.74 Å². The van der Waals surface area contributed by atoms with E-state index in [0.717, 1.165) is 43.2 Å². The minimum atomic E-state index is -0.237. The minimum absolute atomic E-state index is 0.0153. The Morgan fingerprint density at radius 3 is 2.39 bits per heavy atom. The van der Waals surface area contributed by atoms with Crippen molar-refractivity contribution in [3.05, 3.63) is 124 Å². The van der Waals surface area contributed by atoms with Gasteiger partial charge in [0.1, 0.15) is 17.7 Å². The van der Waals surface area contributed by atoms with Crippen molar-refractivity contribution in [3.8, 4) is 5.75 Å². The molecule has 3 unspecified atom stereocenters. The van der Waals surface area contributed by atoms with E-state index in [1.54, 1.807) is 11.8 Å². The molecule has 0 aliphatic carbocycles. The first-order valence-electron chi connectivity index (χ1n) is 10.8. The molecule has 6 rings (SSSR count). The molecule has 0 N–H and O–H groups in total. The molecule has 0 radical (unpaired) electrons. The Morgan fingerprint density at radius 2 is 1.58 bits per heavy atom. The van der Waals surface area contributed by atoms with E-state index >= 15 is 0 Å². The summed E-state index contributed by atoms with van der Waals surface area (Å²) in [5, 5.41) is -0.0153. The fourth-order valence-electron chi connectivity index (χ4n) is 4.61. The zero-order valence-electron chi connectivity index (χ0n) is 17.5. The fraction of sp³-hybridized carbons (Fsp3) is 0.107. The van der Waals surface area contributed by atoms with Crippen LogP contribution in [0.5, 0.6) is 5.75 Å². The summed E-state index contributed by atoms with van der Waals surface area (Å²) in [4.78, 5) is 6.32. The monoisotopic (exact) mass is 515 g/mol. The lowest BCUT2D eigenvalue weighted by molar-refractivity contribution is 0.156. The maximum absolute atomic E-state index is 13.8. The van der Waals surface area contributed by atoms with Crippen LogP contribution in [0.1, 0.15) is 28.0 Å². The molecule has 2 heterocycles. The average molecular weight is 516 g/mol. The van der Waals surface area contributed by atoms with Gasteiger partial charge in [-0.1, -0.05) is 70.5 Å². The quantitative estimate of drug-likeness (QED) is 0.267. The van der Waals surface area contributed by atoms with Crippen LogP contribution in [-0.4, -0.2) is 5.71 Å². The molecule has 0 aromatic heterocycles. The van der Waals surface area contributed by atoms with Crippen LogP contribution in [0, 0.1) is 11.7 Å². The van der Waals surface area contributed by atoms with Crippen LogP contribution in [0.2, 0.25) is 0 Å². The van der Waals surface area contributed by atoms with Gasteiger partial charge in [-0.3, -0.25) is 4.99 Å². The van der Waals surface area contributed by atoms with E-state index in [1.165, 1.54) is 12.1 Å². The number of ether oxygens (including phenoxy) is 1. The van der Waals surface area contributed by atoms with Gasteiger partial charge < -0.3 is 4.74 Å². The largest absolute Gasteiger partial charge is 0.484 e. The van der Waals surface area contributed by atoms with E-state index in [0.29, 0.717) is 0 Å². The molecule has 4 aromatic rings. The zero-order valence-corrected chi connectivity index (χ0v) is 19.9. The number of hydrogen-bond acceptors (Lipinski definition) is 3. The highest BCUT2D eigenvalue weighted by molar-refractivity contribution is 9.10. The van der Waals surface area contributed by atoms with Crippen LogP contribution in [0.3, 0.4) is 0 Å². The number of nitrogens with zero attached hydrogens (tertiary/aromatic N) is 1. The number of fused-ring (bicyclic) bond motifs is 4. The highest BCUT2D eigenvalue weighted by atomic mass is 79.9. The molecule has 5 heteroatoms. The summed E-state index contributed by atoms with van der Waals surface area (Å²) in [5.74, 6) is 0.535.